The van der Waals surface area contributed by atoms with Crippen molar-refractivity contribution < 1.29 is 23.8 Å². The fourth-order valence-corrected chi connectivity index (χ4v) is 9.35. The van der Waals surface area contributed by atoms with Crippen LogP contribution >= 0.6 is 10.0 Å². The first-order valence-electron chi connectivity index (χ1n) is 17.6. The summed E-state index contributed by atoms with van der Waals surface area (Å²) in [5, 5.41) is 0. The molecule has 0 radical (unpaired) electrons. The van der Waals surface area contributed by atoms with Crippen LogP contribution in [0, 0.1) is 17.8 Å². The molecule has 3 rings (SSSR count). The number of rotatable bonds is 20. The summed E-state index contributed by atoms with van der Waals surface area (Å²) in [4.78, 5) is 23.8. The molecule has 0 spiro atoms. The van der Waals surface area contributed by atoms with Gasteiger partial charge in [0.2, 0.25) is 0 Å². The van der Waals surface area contributed by atoms with Crippen molar-refractivity contribution in [2.24, 2.45) is 17.8 Å². The van der Waals surface area contributed by atoms with Crippen molar-refractivity contribution in [1.82, 2.24) is 0 Å². The van der Waals surface area contributed by atoms with Crippen molar-refractivity contribution in [2.75, 3.05) is 43.5 Å². The van der Waals surface area contributed by atoms with Crippen LogP contribution in [0.5, 0.6) is 5.75 Å². The first-order valence-corrected chi connectivity index (χ1v) is 20.2. The van der Waals surface area contributed by atoms with Gasteiger partial charge < -0.3 is 14.2 Å². The van der Waals surface area contributed by atoms with Gasteiger partial charge in [0.25, 0.3) is 0 Å². The highest BCUT2D eigenvalue weighted by atomic mass is 32.3. The molecule has 1 aromatic carbocycles. The molecular weight excluding hydrogens is 580 g/mol. The van der Waals surface area contributed by atoms with Crippen LogP contribution in [0.15, 0.2) is 48.6 Å². The molecular formula is C39H62O5S. The fourth-order valence-electron chi connectivity index (χ4n) is 7.13. The largest absolute Gasteiger partial charge is 0.494 e. The highest BCUT2D eigenvalue weighted by Crippen LogP contribution is 2.46. The van der Waals surface area contributed by atoms with Crippen LogP contribution in [0.2, 0.25) is 0 Å². The van der Waals surface area contributed by atoms with Crippen molar-refractivity contribution in [3.05, 3.63) is 54.1 Å². The topological polar surface area (TPSA) is 61.8 Å². The van der Waals surface area contributed by atoms with E-state index in [9.17, 15) is 9.59 Å². The smallest absolute Gasteiger partial charge is 0.333 e. The van der Waals surface area contributed by atoms with E-state index in [1.807, 2.05) is 0 Å². The van der Waals surface area contributed by atoms with Gasteiger partial charge >= 0.3 is 5.97 Å². The fraction of sp³-hybridized carbons (Fsp3) is 0.692. The van der Waals surface area contributed by atoms with Gasteiger partial charge in [-0.25, -0.2) is 14.8 Å². The third-order valence-electron chi connectivity index (χ3n) is 10.2. The average molecular weight is 643 g/mol. The molecule has 5 nitrogen and oxygen atoms in total. The number of Topliss-reactive ketones (excluding diaryl/α,β-unsaturated/α-hetero) is 1. The molecule has 0 heterocycles. The van der Waals surface area contributed by atoms with Crippen molar-refractivity contribution in [1.29, 1.82) is 0 Å². The molecule has 0 bridgehead atoms. The molecule has 6 heteroatoms. The summed E-state index contributed by atoms with van der Waals surface area (Å²) in [5.74, 6) is 6.17. The maximum absolute atomic E-state index is 12.0. The Labute approximate surface area is 276 Å². The average Bonchev–Trinajstić information content (AvgIpc) is 3.04. The summed E-state index contributed by atoms with van der Waals surface area (Å²) < 4.78 is 17.3. The molecule has 2 fully saturated rings. The van der Waals surface area contributed by atoms with Crippen LogP contribution in [0.25, 0.3) is 0 Å². The molecule has 2 aliphatic carbocycles. The van der Waals surface area contributed by atoms with E-state index in [1.165, 1.54) is 82.6 Å². The van der Waals surface area contributed by atoms with Gasteiger partial charge in [-0.1, -0.05) is 70.7 Å². The molecule has 2 aliphatic rings. The van der Waals surface area contributed by atoms with E-state index < -0.39 is 10.0 Å². The van der Waals surface area contributed by atoms with Crippen LogP contribution in [0.4, 0.5) is 0 Å². The van der Waals surface area contributed by atoms with Gasteiger partial charge in [0.05, 0.1) is 19.2 Å². The van der Waals surface area contributed by atoms with Crippen LogP contribution < -0.4 is 4.74 Å². The summed E-state index contributed by atoms with van der Waals surface area (Å²) in [6.07, 6.45) is 20.1. The van der Waals surface area contributed by atoms with Crippen molar-refractivity contribution in [3.63, 3.8) is 0 Å². The number of unbranched alkanes of at least 4 members (excludes halogenated alkanes) is 2. The van der Waals surface area contributed by atoms with Crippen LogP contribution in [0.1, 0.15) is 116 Å². The number of carbonyl (C=O) groups excluding carboxylic acids is 2. The molecule has 1 unspecified atom stereocenters. The highest BCUT2D eigenvalue weighted by molar-refractivity contribution is 8.33. The molecule has 0 aromatic heterocycles. The lowest BCUT2D eigenvalue weighted by Crippen LogP contribution is -2.25. The summed E-state index contributed by atoms with van der Waals surface area (Å²) >= 11 is 0. The summed E-state index contributed by atoms with van der Waals surface area (Å²) in [6, 6.07) is 8.83. The zero-order valence-corrected chi connectivity index (χ0v) is 29.7. The Morgan fingerprint density at radius 2 is 1.47 bits per heavy atom. The number of hydrogen-bond donors (Lipinski definition) is 0. The summed E-state index contributed by atoms with van der Waals surface area (Å²) in [7, 11) is -1.27. The van der Waals surface area contributed by atoms with Gasteiger partial charge in [-0.2, -0.15) is 0 Å². The van der Waals surface area contributed by atoms with Gasteiger partial charge in [-0.05, 0) is 118 Å². The van der Waals surface area contributed by atoms with E-state index in [-0.39, 0.29) is 18.4 Å². The number of ether oxygens (including phenoxy) is 3. The Hall–Kier alpha value is -2.05. The Morgan fingerprint density at radius 3 is 2.07 bits per heavy atom. The van der Waals surface area contributed by atoms with E-state index in [4.69, 9.17) is 14.2 Å². The summed E-state index contributed by atoms with van der Waals surface area (Å²) in [6.45, 7) is 14.0. The van der Waals surface area contributed by atoms with Crippen molar-refractivity contribution in [3.8, 4) is 5.75 Å². The normalized spacial score (nSPS) is 23.8. The Morgan fingerprint density at radius 1 is 0.822 bits per heavy atom. The number of ketones is 1. The third-order valence-corrected chi connectivity index (χ3v) is 13.3. The van der Waals surface area contributed by atoms with Crippen molar-refractivity contribution >= 4 is 21.8 Å². The number of esters is 1. The van der Waals surface area contributed by atoms with E-state index in [2.05, 4.69) is 50.6 Å². The molecule has 1 aromatic rings. The van der Waals surface area contributed by atoms with Gasteiger partial charge in [0.15, 0.2) is 5.78 Å². The second kappa shape index (κ2) is 19.6. The van der Waals surface area contributed by atoms with Gasteiger partial charge in [0, 0.05) is 11.3 Å². The molecule has 0 aliphatic heterocycles. The predicted molar refractivity (Wildman–Crippen MR) is 191 cm³/mol. The summed E-state index contributed by atoms with van der Waals surface area (Å²) in [5.41, 5.74) is 2.36. The van der Waals surface area contributed by atoms with Gasteiger partial charge in [-0.3, -0.25) is 4.79 Å². The molecule has 1 atom stereocenters. The minimum atomic E-state index is -1.27. The minimum Gasteiger partial charge on any atom is -0.494 e. The molecule has 2 saturated carbocycles. The van der Waals surface area contributed by atoms with Crippen LogP contribution in [0.3, 0.4) is 0 Å². The SMILES string of the molecule is C=C(C)C(=O)COCS(C)(CCCOc1ccc(C2CCC(C3CCC(CCCCC)CC3)CC2)cc1)CCOC(=O)C(=C)C. The van der Waals surface area contributed by atoms with Gasteiger partial charge in [-0.15, -0.1) is 0 Å². The number of carbonyl (C=O) groups is 2. The molecule has 0 N–H and O–H groups in total. The van der Waals surface area contributed by atoms with Gasteiger partial charge in [0.1, 0.15) is 12.4 Å². The number of hydrogen-bond acceptors (Lipinski definition) is 5. The Kier molecular flexibility index (Phi) is 16.3. The van der Waals surface area contributed by atoms with E-state index in [1.54, 1.807) is 13.8 Å². The lowest BCUT2D eigenvalue weighted by Gasteiger charge is -2.38. The maximum atomic E-state index is 12.0. The first-order chi connectivity index (χ1) is 21.6. The van der Waals surface area contributed by atoms with E-state index in [0.29, 0.717) is 42.0 Å². The van der Waals surface area contributed by atoms with E-state index in [0.717, 1.165) is 35.7 Å². The predicted octanol–water partition coefficient (Wildman–Crippen LogP) is 9.79. The quantitative estimate of drug-likeness (QED) is 0.0805. The number of benzene rings is 1. The zero-order valence-electron chi connectivity index (χ0n) is 28.9. The lowest BCUT2D eigenvalue weighted by molar-refractivity contribution is -0.138. The minimum absolute atomic E-state index is 0.0359. The van der Waals surface area contributed by atoms with E-state index >= 15 is 0 Å². The monoisotopic (exact) mass is 642 g/mol. The Bertz CT molecular complexity index is 1030. The highest BCUT2D eigenvalue weighted by Gasteiger charge is 2.31. The second-order valence-corrected chi connectivity index (χ2v) is 18.1. The Balaban J connectivity index is 1.39. The molecule has 0 amide bonds. The maximum Gasteiger partial charge on any atom is 0.333 e. The molecule has 45 heavy (non-hydrogen) atoms. The van der Waals surface area contributed by atoms with Crippen LogP contribution in [-0.2, 0) is 19.1 Å². The molecule has 0 saturated heterocycles. The van der Waals surface area contributed by atoms with Crippen molar-refractivity contribution in [2.45, 2.75) is 110 Å². The zero-order chi connectivity index (χ0) is 32.7. The molecule has 254 valence electrons. The lowest BCUT2D eigenvalue weighted by atomic mass is 9.68. The third kappa shape index (κ3) is 13.3. The second-order valence-electron chi connectivity index (χ2n) is 14.1. The first kappa shape index (κ1) is 37.4. The standard InChI is InChI=1S/C39H62O5S/c1-7-8-9-11-32-12-14-33(15-13-32)34-16-18-35(19-17-34)36-20-22-37(23-21-36)43-24-10-26-45(6,27-25-44-39(41)31(4)5)29-42-28-38(40)30(2)3/h20-23,32-35H,2,4,7-19,24-29H2,1,3,5-6H3. The van der Waals surface area contributed by atoms with Crippen LogP contribution in [-0.4, -0.2) is 55.3 Å².